The monoisotopic (exact) mass is 493 g/mol. The van der Waals surface area contributed by atoms with Crippen molar-refractivity contribution in [2.45, 2.75) is 38.5 Å². The summed E-state index contributed by atoms with van der Waals surface area (Å²) in [6.45, 7) is 5.40. The number of amides is 1. The molecule has 0 bridgehead atoms. The van der Waals surface area contributed by atoms with Crippen molar-refractivity contribution >= 4 is 27.6 Å². The first-order valence-corrected chi connectivity index (χ1v) is 12.5. The maximum Gasteiger partial charge on any atom is 0.341 e. The summed E-state index contributed by atoms with van der Waals surface area (Å²) in [5.74, 6) is -0.164. The predicted molar refractivity (Wildman–Crippen MR) is 126 cm³/mol. The number of aromatic nitrogens is 1. The van der Waals surface area contributed by atoms with Crippen LogP contribution in [0.3, 0.4) is 0 Å². The number of carbonyl (C=O) groups is 2. The van der Waals surface area contributed by atoms with Crippen molar-refractivity contribution in [2.24, 2.45) is 5.92 Å². The van der Waals surface area contributed by atoms with Gasteiger partial charge in [-0.2, -0.15) is 4.31 Å². The molecule has 1 aliphatic heterocycles. The lowest BCUT2D eigenvalue weighted by Gasteiger charge is -2.30. The van der Waals surface area contributed by atoms with Crippen LogP contribution in [0.25, 0.3) is 0 Å². The Balaban J connectivity index is 1.71. The van der Waals surface area contributed by atoms with E-state index in [1.807, 2.05) is 0 Å². The van der Waals surface area contributed by atoms with Crippen LogP contribution in [-0.4, -0.2) is 63.5 Å². The fourth-order valence-electron chi connectivity index (χ4n) is 4.18. The molecule has 0 saturated carbocycles. The second-order valence-corrected chi connectivity index (χ2v) is 9.91. The van der Waals surface area contributed by atoms with Gasteiger partial charge in [-0.1, -0.05) is 0 Å². The van der Waals surface area contributed by atoms with Gasteiger partial charge in [0.05, 0.1) is 20.8 Å². The summed E-state index contributed by atoms with van der Waals surface area (Å²) in [7, 11) is -0.905. The Morgan fingerprint density at radius 2 is 1.74 bits per heavy atom. The van der Waals surface area contributed by atoms with Gasteiger partial charge in [0, 0.05) is 42.1 Å². The second-order valence-electron chi connectivity index (χ2n) is 8.04. The number of carbonyl (C=O) groups excluding carboxylic acids is 2. The summed E-state index contributed by atoms with van der Waals surface area (Å²) in [4.78, 5) is 28.1. The van der Waals surface area contributed by atoms with E-state index in [4.69, 9.17) is 14.2 Å². The maximum absolute atomic E-state index is 13.4. The molecule has 1 aromatic heterocycles. The number of ether oxygens (including phenoxy) is 3. The molecule has 1 amide bonds. The summed E-state index contributed by atoms with van der Waals surface area (Å²) < 4.78 is 43.7. The molecule has 2 aromatic rings. The minimum atomic E-state index is -3.95. The minimum Gasteiger partial charge on any atom is -0.493 e. The van der Waals surface area contributed by atoms with Gasteiger partial charge >= 0.3 is 5.97 Å². The standard InChI is InChI=1S/C23H31N3O7S/c1-6-33-23(28)20-14(2)24-15(3)21(20)34(29,30)26-11-9-16(10-12-26)22(27)25-17-7-8-18(31-4)19(13-17)32-5/h7-8,13,16,24H,6,9-12H2,1-5H3,(H,25,27). The number of anilines is 1. The summed E-state index contributed by atoms with van der Waals surface area (Å²) in [6, 6.07) is 5.09. The number of piperidine rings is 1. The third kappa shape index (κ3) is 5.05. The average molecular weight is 494 g/mol. The number of esters is 1. The molecule has 0 atom stereocenters. The fourth-order valence-corrected chi connectivity index (χ4v) is 6.06. The number of benzene rings is 1. The van der Waals surface area contributed by atoms with Crippen molar-refractivity contribution in [1.29, 1.82) is 0 Å². The molecule has 1 saturated heterocycles. The molecular weight excluding hydrogens is 462 g/mol. The summed E-state index contributed by atoms with van der Waals surface area (Å²) in [5.41, 5.74) is 1.43. The quantitative estimate of drug-likeness (QED) is 0.541. The molecule has 3 rings (SSSR count). The maximum atomic E-state index is 13.4. The van der Waals surface area contributed by atoms with Gasteiger partial charge in [-0.05, 0) is 45.7 Å². The third-order valence-corrected chi connectivity index (χ3v) is 7.94. The van der Waals surface area contributed by atoms with Gasteiger partial charge in [-0.15, -0.1) is 0 Å². The number of methoxy groups -OCH3 is 2. The zero-order valence-corrected chi connectivity index (χ0v) is 20.9. The highest BCUT2D eigenvalue weighted by Crippen LogP contribution is 2.32. The molecular formula is C23H31N3O7S. The smallest absolute Gasteiger partial charge is 0.341 e. The first-order valence-electron chi connectivity index (χ1n) is 11.0. The number of aromatic amines is 1. The van der Waals surface area contributed by atoms with Crippen molar-refractivity contribution in [2.75, 3.05) is 39.2 Å². The zero-order valence-electron chi connectivity index (χ0n) is 20.1. The lowest BCUT2D eigenvalue weighted by atomic mass is 9.97. The predicted octanol–water partition coefficient (Wildman–Crippen LogP) is 2.86. The Kier molecular flexibility index (Phi) is 7.88. The van der Waals surface area contributed by atoms with E-state index in [-0.39, 0.29) is 42.0 Å². The van der Waals surface area contributed by atoms with Gasteiger partial charge in [-0.25, -0.2) is 13.2 Å². The number of hydrogen-bond donors (Lipinski definition) is 2. The summed E-state index contributed by atoms with van der Waals surface area (Å²) >= 11 is 0. The molecule has 1 fully saturated rings. The van der Waals surface area contributed by atoms with Gasteiger partial charge in [0.2, 0.25) is 15.9 Å². The number of H-pyrrole nitrogens is 1. The molecule has 2 N–H and O–H groups in total. The van der Waals surface area contributed by atoms with E-state index in [1.165, 1.54) is 18.5 Å². The van der Waals surface area contributed by atoms with Crippen molar-refractivity contribution in [3.63, 3.8) is 0 Å². The molecule has 11 heteroatoms. The van der Waals surface area contributed by atoms with Gasteiger partial charge in [0.1, 0.15) is 10.5 Å². The van der Waals surface area contributed by atoms with E-state index >= 15 is 0 Å². The minimum absolute atomic E-state index is 0.0349. The number of aryl methyl sites for hydroxylation is 2. The SMILES string of the molecule is CCOC(=O)c1c(C)[nH]c(C)c1S(=O)(=O)N1CCC(C(=O)Nc2ccc(OC)c(OC)c2)CC1. The Morgan fingerprint density at radius 3 is 2.32 bits per heavy atom. The van der Waals surface area contributed by atoms with Crippen molar-refractivity contribution < 1.29 is 32.2 Å². The normalized spacial score (nSPS) is 15.1. The highest BCUT2D eigenvalue weighted by atomic mass is 32.2. The summed E-state index contributed by atoms with van der Waals surface area (Å²) in [5, 5.41) is 2.86. The van der Waals surface area contributed by atoms with Crippen LogP contribution in [-0.2, 0) is 19.6 Å². The number of sulfonamides is 1. The molecule has 0 unspecified atom stereocenters. The first kappa shape index (κ1) is 25.6. The summed E-state index contributed by atoms with van der Waals surface area (Å²) in [6.07, 6.45) is 0.713. The van der Waals surface area contributed by atoms with E-state index in [2.05, 4.69) is 10.3 Å². The number of nitrogens with zero attached hydrogens (tertiary/aromatic N) is 1. The largest absolute Gasteiger partial charge is 0.493 e. The van der Waals surface area contributed by atoms with E-state index in [0.717, 1.165) is 0 Å². The molecule has 186 valence electrons. The van der Waals surface area contributed by atoms with Crippen molar-refractivity contribution in [3.05, 3.63) is 35.2 Å². The third-order valence-electron chi connectivity index (χ3n) is 5.87. The lowest BCUT2D eigenvalue weighted by Crippen LogP contribution is -2.41. The van der Waals surface area contributed by atoms with Gasteiger partial charge < -0.3 is 24.5 Å². The van der Waals surface area contributed by atoms with Crippen molar-refractivity contribution in [3.8, 4) is 11.5 Å². The second kappa shape index (κ2) is 10.5. The van der Waals surface area contributed by atoms with E-state index in [9.17, 15) is 18.0 Å². The van der Waals surface area contributed by atoms with Crippen molar-refractivity contribution in [1.82, 2.24) is 9.29 Å². The molecule has 1 aliphatic rings. The van der Waals surface area contributed by atoms with Crippen LogP contribution in [0.2, 0.25) is 0 Å². The molecule has 2 heterocycles. The molecule has 34 heavy (non-hydrogen) atoms. The molecule has 1 aromatic carbocycles. The van der Waals surface area contributed by atoms with Crippen LogP contribution in [0.15, 0.2) is 23.1 Å². The number of hydrogen-bond acceptors (Lipinski definition) is 7. The van der Waals surface area contributed by atoms with Crippen LogP contribution in [0, 0.1) is 19.8 Å². The molecule has 10 nitrogen and oxygen atoms in total. The highest BCUT2D eigenvalue weighted by molar-refractivity contribution is 7.89. The zero-order chi connectivity index (χ0) is 25.0. The van der Waals surface area contributed by atoms with Crippen LogP contribution in [0.5, 0.6) is 11.5 Å². The van der Waals surface area contributed by atoms with Crippen LogP contribution < -0.4 is 14.8 Å². The Morgan fingerprint density at radius 1 is 1.09 bits per heavy atom. The topological polar surface area (TPSA) is 127 Å². The number of nitrogens with one attached hydrogen (secondary N) is 2. The van der Waals surface area contributed by atoms with Crippen LogP contribution in [0.1, 0.15) is 41.5 Å². The lowest BCUT2D eigenvalue weighted by molar-refractivity contribution is -0.120. The Bertz CT molecular complexity index is 1170. The molecule has 0 aliphatic carbocycles. The fraction of sp³-hybridized carbons (Fsp3) is 0.478. The Labute approximate surface area is 199 Å². The van der Waals surface area contributed by atoms with Gasteiger partial charge in [0.15, 0.2) is 11.5 Å². The number of rotatable bonds is 8. The highest BCUT2D eigenvalue weighted by Gasteiger charge is 2.37. The Hall–Kier alpha value is -3.05. The van der Waals surface area contributed by atoms with Gasteiger partial charge in [0.25, 0.3) is 0 Å². The van der Waals surface area contributed by atoms with E-state index in [0.29, 0.717) is 41.4 Å². The average Bonchev–Trinajstić information content (AvgIpc) is 3.13. The van der Waals surface area contributed by atoms with E-state index < -0.39 is 16.0 Å². The van der Waals surface area contributed by atoms with E-state index in [1.54, 1.807) is 39.0 Å². The molecule has 0 spiro atoms. The van der Waals surface area contributed by atoms with Crippen LogP contribution in [0.4, 0.5) is 5.69 Å². The van der Waals surface area contributed by atoms with Gasteiger partial charge in [-0.3, -0.25) is 4.79 Å². The van der Waals surface area contributed by atoms with Crippen LogP contribution >= 0.6 is 0 Å². The first-order chi connectivity index (χ1) is 16.1. The molecule has 0 radical (unpaired) electrons.